The van der Waals surface area contributed by atoms with E-state index in [0.717, 1.165) is 23.4 Å². The summed E-state index contributed by atoms with van der Waals surface area (Å²) in [5, 5.41) is 3.30. The van der Waals surface area contributed by atoms with Gasteiger partial charge in [-0.3, -0.25) is 14.6 Å². The number of piperazine rings is 1. The summed E-state index contributed by atoms with van der Waals surface area (Å²) in [5.74, 6) is -0.198. The summed E-state index contributed by atoms with van der Waals surface area (Å²) >= 11 is 13.0. The number of nitrogens with zero attached hydrogens (tertiary/aromatic N) is 2. The van der Waals surface area contributed by atoms with Crippen LogP contribution in [0.3, 0.4) is 0 Å². The first-order chi connectivity index (χ1) is 12.1. The lowest BCUT2D eigenvalue weighted by Crippen LogP contribution is -2.48. The first kappa shape index (κ1) is 21.1. The fraction of sp³-hybridized carbons (Fsp3) is 0.353. The summed E-state index contributed by atoms with van der Waals surface area (Å²) in [6.45, 7) is 2.03. The molecule has 26 heavy (non-hydrogen) atoms. The van der Waals surface area contributed by atoms with Gasteiger partial charge >= 0.3 is 0 Å². The van der Waals surface area contributed by atoms with Gasteiger partial charge in [-0.05, 0) is 17.7 Å². The molecular weight excluding hydrogens is 417 g/mol. The van der Waals surface area contributed by atoms with Crippen LogP contribution in [0.15, 0.2) is 30.6 Å². The van der Waals surface area contributed by atoms with Crippen LogP contribution in [0.25, 0.3) is 0 Å². The Morgan fingerprint density at radius 2 is 2.15 bits per heavy atom. The molecule has 140 valence electrons. The van der Waals surface area contributed by atoms with E-state index in [2.05, 4.69) is 10.3 Å². The number of rotatable bonds is 5. The van der Waals surface area contributed by atoms with Crippen LogP contribution in [0, 0.1) is 0 Å². The molecule has 2 aromatic heterocycles. The number of halogens is 3. The van der Waals surface area contributed by atoms with Gasteiger partial charge in [-0.15, -0.1) is 23.7 Å². The predicted molar refractivity (Wildman–Crippen MR) is 107 cm³/mol. The van der Waals surface area contributed by atoms with Crippen molar-refractivity contribution >= 4 is 58.6 Å². The molecule has 5 nitrogen and oxygen atoms in total. The molecule has 1 amide bonds. The SMILES string of the molecule is Cl.O=C(CCC(=O)N1CCNCC1c1cccnc1)c1cc(Cl)sc1Cl. The Hall–Kier alpha value is -1.18. The van der Waals surface area contributed by atoms with E-state index in [-0.39, 0.29) is 43.0 Å². The van der Waals surface area contributed by atoms with E-state index in [1.165, 1.54) is 0 Å². The Balaban J connectivity index is 0.00000243. The molecule has 0 bridgehead atoms. The summed E-state index contributed by atoms with van der Waals surface area (Å²) in [5.41, 5.74) is 1.38. The lowest BCUT2D eigenvalue weighted by molar-refractivity contribution is -0.134. The van der Waals surface area contributed by atoms with E-state index in [9.17, 15) is 9.59 Å². The van der Waals surface area contributed by atoms with Gasteiger partial charge in [0, 0.05) is 50.4 Å². The summed E-state index contributed by atoms with van der Waals surface area (Å²) in [4.78, 5) is 30.9. The highest BCUT2D eigenvalue weighted by Crippen LogP contribution is 2.32. The molecule has 2 aromatic rings. The zero-order chi connectivity index (χ0) is 17.8. The second kappa shape index (κ2) is 9.67. The fourth-order valence-corrected chi connectivity index (χ4v) is 4.40. The molecule has 0 aliphatic carbocycles. The maximum atomic E-state index is 12.7. The number of carbonyl (C=O) groups excluding carboxylic acids is 2. The highest BCUT2D eigenvalue weighted by Gasteiger charge is 2.28. The van der Waals surface area contributed by atoms with Gasteiger partial charge in [0.1, 0.15) is 4.34 Å². The minimum absolute atomic E-state index is 0. The van der Waals surface area contributed by atoms with Crippen molar-refractivity contribution in [3.8, 4) is 0 Å². The summed E-state index contributed by atoms with van der Waals surface area (Å²) in [7, 11) is 0. The van der Waals surface area contributed by atoms with E-state index in [1.54, 1.807) is 18.5 Å². The summed E-state index contributed by atoms with van der Waals surface area (Å²) in [6.07, 6.45) is 3.76. The van der Waals surface area contributed by atoms with Crippen molar-refractivity contribution in [2.75, 3.05) is 19.6 Å². The highest BCUT2D eigenvalue weighted by molar-refractivity contribution is 7.20. The minimum Gasteiger partial charge on any atom is -0.333 e. The number of Topliss-reactive ketones (excluding diaryl/α,β-unsaturated/α-hetero) is 1. The molecule has 0 aromatic carbocycles. The number of thiophene rings is 1. The number of hydrogen-bond donors (Lipinski definition) is 1. The third-order valence-electron chi connectivity index (χ3n) is 4.16. The molecule has 3 rings (SSSR count). The van der Waals surface area contributed by atoms with Crippen LogP contribution in [0.1, 0.15) is 34.8 Å². The van der Waals surface area contributed by atoms with Gasteiger partial charge in [0.25, 0.3) is 0 Å². The third-order valence-corrected chi connectivity index (χ3v) is 5.64. The van der Waals surface area contributed by atoms with Crippen LogP contribution in [-0.4, -0.2) is 41.2 Å². The number of pyridine rings is 1. The molecule has 1 unspecified atom stereocenters. The van der Waals surface area contributed by atoms with Crippen LogP contribution in [0.2, 0.25) is 8.67 Å². The zero-order valence-electron chi connectivity index (χ0n) is 13.8. The maximum absolute atomic E-state index is 12.7. The average molecular weight is 435 g/mol. The van der Waals surface area contributed by atoms with Crippen molar-refractivity contribution in [2.24, 2.45) is 0 Å². The molecule has 9 heteroatoms. The number of hydrogen-bond acceptors (Lipinski definition) is 5. The van der Waals surface area contributed by atoms with Gasteiger partial charge in [0.2, 0.25) is 5.91 Å². The topological polar surface area (TPSA) is 62.3 Å². The Bertz CT molecular complexity index is 770. The Kier molecular flexibility index (Phi) is 7.85. The maximum Gasteiger partial charge on any atom is 0.223 e. The van der Waals surface area contributed by atoms with E-state index in [4.69, 9.17) is 23.2 Å². The van der Waals surface area contributed by atoms with Crippen LogP contribution < -0.4 is 5.32 Å². The molecule has 1 fully saturated rings. The monoisotopic (exact) mass is 433 g/mol. The number of amides is 1. The van der Waals surface area contributed by atoms with Gasteiger partial charge in [-0.2, -0.15) is 0 Å². The van der Waals surface area contributed by atoms with Crippen LogP contribution in [-0.2, 0) is 4.79 Å². The lowest BCUT2D eigenvalue weighted by atomic mass is 10.0. The zero-order valence-corrected chi connectivity index (χ0v) is 16.9. The van der Waals surface area contributed by atoms with E-state index >= 15 is 0 Å². The molecule has 3 heterocycles. The summed E-state index contributed by atoms with van der Waals surface area (Å²) in [6, 6.07) is 5.32. The normalized spacial score (nSPS) is 16.8. The van der Waals surface area contributed by atoms with Gasteiger partial charge < -0.3 is 10.2 Å². The largest absolute Gasteiger partial charge is 0.333 e. The van der Waals surface area contributed by atoms with E-state index in [1.807, 2.05) is 17.0 Å². The number of nitrogens with one attached hydrogen (secondary N) is 1. The third kappa shape index (κ3) is 4.96. The van der Waals surface area contributed by atoms with Crippen molar-refractivity contribution in [1.29, 1.82) is 0 Å². The minimum atomic E-state index is -0.158. The van der Waals surface area contributed by atoms with Crippen molar-refractivity contribution in [3.05, 3.63) is 50.4 Å². The van der Waals surface area contributed by atoms with Crippen LogP contribution >= 0.6 is 46.9 Å². The second-order valence-electron chi connectivity index (χ2n) is 5.75. The fourth-order valence-electron chi connectivity index (χ4n) is 2.90. The molecule has 1 atom stereocenters. The smallest absolute Gasteiger partial charge is 0.223 e. The second-order valence-corrected chi connectivity index (χ2v) is 8.04. The van der Waals surface area contributed by atoms with Gasteiger partial charge in [0.05, 0.1) is 10.4 Å². The van der Waals surface area contributed by atoms with E-state index < -0.39 is 0 Å². The number of ketones is 1. The first-order valence-electron chi connectivity index (χ1n) is 7.94. The van der Waals surface area contributed by atoms with Crippen LogP contribution in [0.4, 0.5) is 0 Å². The molecule has 1 aliphatic rings. The quantitative estimate of drug-likeness (QED) is 0.722. The van der Waals surface area contributed by atoms with E-state index in [0.29, 0.717) is 27.3 Å². The highest BCUT2D eigenvalue weighted by atomic mass is 35.5. The lowest BCUT2D eigenvalue weighted by Gasteiger charge is -2.36. The van der Waals surface area contributed by atoms with Crippen molar-refractivity contribution < 1.29 is 9.59 Å². The van der Waals surface area contributed by atoms with Gasteiger partial charge in [-0.25, -0.2) is 0 Å². The van der Waals surface area contributed by atoms with Crippen LogP contribution in [0.5, 0.6) is 0 Å². The van der Waals surface area contributed by atoms with Crippen molar-refractivity contribution in [1.82, 2.24) is 15.2 Å². The molecule has 0 spiro atoms. The molecule has 0 radical (unpaired) electrons. The van der Waals surface area contributed by atoms with Crippen molar-refractivity contribution in [2.45, 2.75) is 18.9 Å². The summed E-state index contributed by atoms with van der Waals surface area (Å²) < 4.78 is 0.844. The average Bonchev–Trinajstić information content (AvgIpc) is 2.98. The Labute approximate surface area is 172 Å². The Morgan fingerprint density at radius 3 is 2.81 bits per heavy atom. The number of aromatic nitrogens is 1. The Morgan fingerprint density at radius 1 is 1.35 bits per heavy atom. The molecule has 1 N–H and O–H groups in total. The predicted octanol–water partition coefficient (Wildman–Crippen LogP) is 4.01. The molecular formula is C17H18Cl3N3O2S. The molecule has 1 aliphatic heterocycles. The first-order valence-corrected chi connectivity index (χ1v) is 9.51. The van der Waals surface area contributed by atoms with Crippen molar-refractivity contribution in [3.63, 3.8) is 0 Å². The van der Waals surface area contributed by atoms with Gasteiger partial charge in [-0.1, -0.05) is 29.3 Å². The molecule has 0 saturated carbocycles. The van der Waals surface area contributed by atoms with Gasteiger partial charge in [0.15, 0.2) is 5.78 Å². The number of carbonyl (C=O) groups is 2. The molecule has 1 saturated heterocycles. The standard InChI is InChI=1S/C17H17Cl2N3O2S.ClH/c18-15-8-12(17(19)25-15)14(23)3-4-16(24)22-7-6-21-10-13(22)11-2-1-5-20-9-11;/h1-2,5,8-9,13,21H,3-4,6-7,10H2;1H.